The number of likely N-dealkylation sites (tertiary alicyclic amines) is 1. The zero-order chi connectivity index (χ0) is 13.0. The zero-order valence-corrected chi connectivity index (χ0v) is 10.2. The smallest absolute Gasteiger partial charge is 0.317 e. The van der Waals surface area contributed by atoms with E-state index in [0.29, 0.717) is 13.1 Å². The Bertz CT molecular complexity index is 405. The van der Waals surface area contributed by atoms with Gasteiger partial charge in [-0.1, -0.05) is 12.1 Å². The second-order valence-electron chi connectivity index (χ2n) is 4.50. The number of hydrogen-bond acceptors (Lipinski definition) is 3. The summed E-state index contributed by atoms with van der Waals surface area (Å²) in [4.78, 5) is 13.6. The molecule has 1 aliphatic rings. The van der Waals surface area contributed by atoms with E-state index >= 15 is 0 Å². The van der Waals surface area contributed by atoms with Crippen LogP contribution in [0, 0.1) is 0 Å². The van der Waals surface area contributed by atoms with E-state index in [0.717, 1.165) is 18.4 Å². The normalized spacial score (nSPS) is 18.9. The first-order chi connectivity index (χ1) is 8.70. The molecule has 0 radical (unpaired) electrons. The Kier molecular flexibility index (Phi) is 4.04. The van der Waals surface area contributed by atoms with Gasteiger partial charge in [0.15, 0.2) is 0 Å². The van der Waals surface area contributed by atoms with Crippen molar-refractivity contribution in [1.82, 2.24) is 10.2 Å². The van der Waals surface area contributed by atoms with Crippen molar-refractivity contribution in [3.05, 3.63) is 29.8 Å². The van der Waals surface area contributed by atoms with Gasteiger partial charge in [-0.2, -0.15) is 0 Å². The Morgan fingerprint density at radius 2 is 2.11 bits per heavy atom. The Balaban J connectivity index is 1.86. The first kappa shape index (κ1) is 12.7. The van der Waals surface area contributed by atoms with E-state index in [9.17, 15) is 4.79 Å². The highest BCUT2D eigenvalue weighted by atomic mass is 16.3. The first-order valence-corrected chi connectivity index (χ1v) is 6.14. The van der Waals surface area contributed by atoms with Crippen LogP contribution in [0.15, 0.2) is 24.3 Å². The highest BCUT2D eigenvalue weighted by Gasteiger charge is 2.27. The largest absolute Gasteiger partial charge is 0.508 e. The summed E-state index contributed by atoms with van der Waals surface area (Å²) in [6.07, 6.45) is 1.81. The van der Waals surface area contributed by atoms with Gasteiger partial charge in [0.2, 0.25) is 0 Å². The highest BCUT2D eigenvalue weighted by Crippen LogP contribution is 2.16. The molecule has 5 nitrogen and oxygen atoms in total. The number of nitrogens with zero attached hydrogens (tertiary/aromatic N) is 1. The summed E-state index contributed by atoms with van der Waals surface area (Å²) in [7, 11) is 0. The third-order valence-corrected chi connectivity index (χ3v) is 3.23. The molecule has 0 spiro atoms. The van der Waals surface area contributed by atoms with E-state index in [2.05, 4.69) is 5.32 Å². The van der Waals surface area contributed by atoms with E-state index in [1.807, 2.05) is 0 Å². The maximum Gasteiger partial charge on any atom is 0.317 e. The molecule has 0 bridgehead atoms. The van der Waals surface area contributed by atoms with Gasteiger partial charge < -0.3 is 20.4 Å². The molecule has 18 heavy (non-hydrogen) atoms. The number of phenolic OH excluding ortho intramolecular Hbond substituents is 1. The number of amides is 2. The fourth-order valence-corrected chi connectivity index (χ4v) is 2.19. The molecule has 98 valence electrons. The molecule has 5 heteroatoms. The molecule has 2 amide bonds. The van der Waals surface area contributed by atoms with Crippen LogP contribution in [0.1, 0.15) is 18.4 Å². The predicted molar refractivity (Wildman–Crippen MR) is 67.2 cm³/mol. The summed E-state index contributed by atoms with van der Waals surface area (Å²) >= 11 is 0. The molecule has 0 aromatic heterocycles. The van der Waals surface area contributed by atoms with Crippen molar-refractivity contribution in [1.29, 1.82) is 0 Å². The SMILES string of the molecule is O=C(NCc1ccc(O)cc1)N1CCCC1CO. The standard InChI is InChI=1S/C13H18N2O3/c16-9-11-2-1-7-15(11)13(18)14-8-10-3-5-12(17)6-4-10/h3-6,11,16-17H,1-2,7-9H2,(H,14,18). The van der Waals surface area contributed by atoms with Crippen molar-refractivity contribution >= 4 is 6.03 Å². The molecular formula is C13H18N2O3. The number of carbonyl (C=O) groups excluding carboxylic acids is 1. The van der Waals surface area contributed by atoms with Crippen LogP contribution in [0.4, 0.5) is 4.79 Å². The van der Waals surface area contributed by atoms with Crippen LogP contribution < -0.4 is 5.32 Å². The van der Waals surface area contributed by atoms with Crippen molar-refractivity contribution < 1.29 is 15.0 Å². The molecule has 1 fully saturated rings. The van der Waals surface area contributed by atoms with Crippen LogP contribution in [0.5, 0.6) is 5.75 Å². The van der Waals surface area contributed by atoms with Gasteiger partial charge in [0, 0.05) is 13.1 Å². The van der Waals surface area contributed by atoms with Gasteiger partial charge in [-0.3, -0.25) is 0 Å². The number of carbonyl (C=O) groups is 1. The summed E-state index contributed by atoms with van der Waals surface area (Å²) in [5, 5.41) is 21.1. The third-order valence-electron chi connectivity index (χ3n) is 3.23. The summed E-state index contributed by atoms with van der Waals surface area (Å²) in [5.74, 6) is 0.213. The van der Waals surface area contributed by atoms with Gasteiger partial charge in [-0.15, -0.1) is 0 Å². The lowest BCUT2D eigenvalue weighted by Gasteiger charge is -2.23. The topological polar surface area (TPSA) is 72.8 Å². The Morgan fingerprint density at radius 1 is 1.39 bits per heavy atom. The average Bonchev–Trinajstić information content (AvgIpc) is 2.86. The second kappa shape index (κ2) is 5.73. The summed E-state index contributed by atoms with van der Waals surface area (Å²) in [6, 6.07) is 6.53. The molecule has 1 aliphatic heterocycles. The number of aromatic hydroxyl groups is 1. The van der Waals surface area contributed by atoms with Gasteiger partial charge in [0.25, 0.3) is 0 Å². The minimum absolute atomic E-state index is 0.0205. The fourth-order valence-electron chi connectivity index (χ4n) is 2.19. The molecule has 0 saturated carbocycles. The Labute approximate surface area is 106 Å². The quantitative estimate of drug-likeness (QED) is 0.751. The summed E-state index contributed by atoms with van der Waals surface area (Å²) in [6.45, 7) is 1.15. The number of rotatable bonds is 3. The van der Waals surface area contributed by atoms with E-state index < -0.39 is 0 Å². The predicted octanol–water partition coefficient (Wildman–Crippen LogP) is 1.06. The maximum absolute atomic E-state index is 11.9. The van der Waals surface area contributed by atoms with Crippen molar-refractivity contribution in [3.8, 4) is 5.75 Å². The van der Waals surface area contributed by atoms with Crippen molar-refractivity contribution in [3.63, 3.8) is 0 Å². The number of benzene rings is 1. The molecule has 1 saturated heterocycles. The van der Waals surface area contributed by atoms with Gasteiger partial charge in [-0.25, -0.2) is 4.79 Å². The summed E-state index contributed by atoms with van der Waals surface area (Å²) < 4.78 is 0. The van der Waals surface area contributed by atoms with E-state index in [-0.39, 0.29) is 24.4 Å². The lowest BCUT2D eigenvalue weighted by atomic mass is 10.2. The van der Waals surface area contributed by atoms with Gasteiger partial charge in [-0.05, 0) is 30.5 Å². The van der Waals surface area contributed by atoms with Gasteiger partial charge in [0.1, 0.15) is 5.75 Å². The molecule has 0 aliphatic carbocycles. The summed E-state index contributed by atoms with van der Waals surface area (Å²) in [5.41, 5.74) is 0.931. The van der Waals surface area contributed by atoms with E-state index in [4.69, 9.17) is 10.2 Å². The molecule has 3 N–H and O–H groups in total. The third kappa shape index (κ3) is 2.92. The second-order valence-corrected chi connectivity index (χ2v) is 4.50. The van der Waals surface area contributed by atoms with Gasteiger partial charge in [0.05, 0.1) is 12.6 Å². The molecule has 1 unspecified atom stereocenters. The number of hydrogen-bond donors (Lipinski definition) is 3. The van der Waals surface area contributed by atoms with E-state index in [1.165, 1.54) is 0 Å². The van der Waals surface area contributed by atoms with Gasteiger partial charge >= 0.3 is 6.03 Å². The van der Waals surface area contributed by atoms with Crippen LogP contribution >= 0.6 is 0 Å². The minimum Gasteiger partial charge on any atom is -0.508 e. The van der Waals surface area contributed by atoms with Crippen LogP contribution in [-0.4, -0.2) is 40.3 Å². The van der Waals surface area contributed by atoms with Crippen LogP contribution in [0.25, 0.3) is 0 Å². The number of nitrogens with one attached hydrogen (secondary N) is 1. The number of urea groups is 1. The van der Waals surface area contributed by atoms with Crippen molar-refractivity contribution in [2.75, 3.05) is 13.2 Å². The minimum atomic E-state index is -0.139. The number of aliphatic hydroxyl groups excluding tert-OH is 1. The molecular weight excluding hydrogens is 232 g/mol. The number of phenols is 1. The lowest BCUT2D eigenvalue weighted by molar-refractivity contribution is 0.157. The van der Waals surface area contributed by atoms with Crippen LogP contribution in [-0.2, 0) is 6.54 Å². The molecule has 1 atom stereocenters. The lowest BCUT2D eigenvalue weighted by Crippen LogP contribution is -2.43. The molecule has 1 aromatic rings. The maximum atomic E-state index is 11.9. The molecule has 2 rings (SSSR count). The van der Waals surface area contributed by atoms with Crippen LogP contribution in [0.3, 0.4) is 0 Å². The number of aliphatic hydroxyl groups is 1. The van der Waals surface area contributed by atoms with Crippen molar-refractivity contribution in [2.45, 2.75) is 25.4 Å². The first-order valence-electron chi connectivity index (χ1n) is 6.14. The average molecular weight is 250 g/mol. The Hall–Kier alpha value is -1.75. The molecule has 1 heterocycles. The van der Waals surface area contributed by atoms with Crippen LogP contribution in [0.2, 0.25) is 0 Å². The Morgan fingerprint density at radius 3 is 2.78 bits per heavy atom. The fraction of sp³-hybridized carbons (Fsp3) is 0.462. The monoisotopic (exact) mass is 250 g/mol. The highest BCUT2D eigenvalue weighted by molar-refractivity contribution is 5.74. The molecule has 1 aromatic carbocycles. The van der Waals surface area contributed by atoms with Crippen molar-refractivity contribution in [2.24, 2.45) is 0 Å². The zero-order valence-electron chi connectivity index (χ0n) is 10.2. The van der Waals surface area contributed by atoms with E-state index in [1.54, 1.807) is 29.2 Å².